The van der Waals surface area contributed by atoms with Crippen LogP contribution in [-0.2, 0) is 0 Å². The molecule has 0 aliphatic carbocycles. The molecule has 1 atom stereocenters. The molecule has 1 unspecified atom stereocenters. The maximum absolute atomic E-state index is 10.1. The summed E-state index contributed by atoms with van der Waals surface area (Å²) in [7, 11) is 0. The second-order valence-electron chi connectivity index (χ2n) is 8.49. The summed E-state index contributed by atoms with van der Waals surface area (Å²) in [6.45, 7) is 6.23. The van der Waals surface area contributed by atoms with Crippen molar-refractivity contribution in [1.82, 2.24) is 15.5 Å². The molecule has 0 spiro atoms. The highest BCUT2D eigenvalue weighted by Gasteiger charge is 2.14. The van der Waals surface area contributed by atoms with Gasteiger partial charge in [-0.15, -0.1) is 0 Å². The number of benzene rings is 3. The molecule has 0 aliphatic heterocycles. The minimum Gasteiger partial charge on any atom is -0.375 e. The van der Waals surface area contributed by atoms with Gasteiger partial charge in [-0.05, 0) is 71.9 Å². The van der Waals surface area contributed by atoms with Gasteiger partial charge in [-0.2, -0.15) is 5.10 Å². The highest BCUT2D eigenvalue weighted by atomic mass is 16.3. The summed E-state index contributed by atoms with van der Waals surface area (Å²) in [4.78, 5) is 0. The molecule has 4 aromatic rings. The van der Waals surface area contributed by atoms with E-state index in [2.05, 4.69) is 95.2 Å². The van der Waals surface area contributed by atoms with Crippen molar-refractivity contribution in [3.63, 3.8) is 0 Å². The number of aliphatic hydroxyl groups excluding tert-OH is 1. The number of aromatic amines is 1. The Kier molecular flexibility index (Phi) is 7.18. The Hall–Kier alpha value is -3.47. The van der Waals surface area contributed by atoms with Crippen LogP contribution in [0.15, 0.2) is 85.1 Å². The van der Waals surface area contributed by atoms with Crippen molar-refractivity contribution in [3.05, 3.63) is 107 Å². The predicted octanol–water partition coefficient (Wildman–Crippen LogP) is 6.26. The zero-order valence-corrected chi connectivity index (χ0v) is 19.4. The fourth-order valence-corrected chi connectivity index (χ4v) is 4.14. The van der Waals surface area contributed by atoms with Gasteiger partial charge in [0.15, 0.2) is 0 Å². The maximum Gasteiger partial charge on any atom is 0.124 e. The monoisotopic (exact) mass is 437 g/mol. The van der Waals surface area contributed by atoms with E-state index in [1.165, 1.54) is 22.3 Å². The van der Waals surface area contributed by atoms with Crippen LogP contribution in [0.1, 0.15) is 49.4 Å². The van der Waals surface area contributed by atoms with Crippen LogP contribution in [-0.4, -0.2) is 27.6 Å². The molecule has 0 saturated carbocycles. The molecule has 0 fully saturated rings. The lowest BCUT2D eigenvalue weighted by Gasteiger charge is -2.17. The number of rotatable bonds is 8. The highest BCUT2D eigenvalue weighted by molar-refractivity contribution is 6.00. The third-order valence-electron chi connectivity index (χ3n) is 5.68. The topological polar surface area (TPSA) is 60.9 Å². The first-order valence-electron chi connectivity index (χ1n) is 11.5. The largest absolute Gasteiger partial charge is 0.375 e. The van der Waals surface area contributed by atoms with Crippen molar-refractivity contribution >= 4 is 28.1 Å². The quantitative estimate of drug-likeness (QED) is 0.225. The third-order valence-corrected chi connectivity index (χ3v) is 5.68. The van der Waals surface area contributed by atoms with Crippen LogP contribution in [0, 0.1) is 0 Å². The number of nitrogens with one attached hydrogen (secondary N) is 2. The highest BCUT2D eigenvalue weighted by Crippen LogP contribution is 2.35. The SMILES string of the molecule is CC/C(=C(/c1ccc(/C=C/C(O)NC(C)C)cc1)c1ccc2[nH]ncc2c1)c1ccccc1. The number of hydrogen-bond donors (Lipinski definition) is 3. The van der Waals surface area contributed by atoms with Crippen LogP contribution in [0.4, 0.5) is 0 Å². The molecular formula is C29H31N3O. The summed E-state index contributed by atoms with van der Waals surface area (Å²) in [6.07, 6.45) is 5.85. The molecule has 0 bridgehead atoms. The van der Waals surface area contributed by atoms with Crippen LogP contribution in [0.2, 0.25) is 0 Å². The Morgan fingerprint density at radius 3 is 2.39 bits per heavy atom. The molecule has 168 valence electrons. The number of allylic oxidation sites excluding steroid dienone is 1. The van der Waals surface area contributed by atoms with Gasteiger partial charge in [-0.25, -0.2) is 0 Å². The molecule has 0 amide bonds. The first-order chi connectivity index (χ1) is 16.0. The molecule has 0 radical (unpaired) electrons. The van der Waals surface area contributed by atoms with Crippen molar-refractivity contribution in [2.75, 3.05) is 0 Å². The number of nitrogens with zero attached hydrogens (tertiary/aromatic N) is 1. The Morgan fingerprint density at radius 2 is 1.70 bits per heavy atom. The minimum atomic E-state index is -0.661. The van der Waals surface area contributed by atoms with Gasteiger partial charge in [0.25, 0.3) is 0 Å². The lowest BCUT2D eigenvalue weighted by molar-refractivity contribution is 0.174. The van der Waals surface area contributed by atoms with Gasteiger partial charge >= 0.3 is 0 Å². The van der Waals surface area contributed by atoms with Crippen LogP contribution < -0.4 is 5.32 Å². The van der Waals surface area contributed by atoms with Crippen LogP contribution in [0.5, 0.6) is 0 Å². The molecule has 0 saturated heterocycles. The van der Waals surface area contributed by atoms with Gasteiger partial charge in [0.05, 0.1) is 11.7 Å². The van der Waals surface area contributed by atoms with Crippen LogP contribution in [0.25, 0.3) is 28.1 Å². The molecule has 0 aliphatic rings. The van der Waals surface area contributed by atoms with Gasteiger partial charge in [-0.3, -0.25) is 10.4 Å². The summed E-state index contributed by atoms with van der Waals surface area (Å²) in [6, 6.07) is 25.8. The number of fused-ring (bicyclic) bond motifs is 1. The Bertz CT molecular complexity index is 1250. The number of aromatic nitrogens is 2. The predicted molar refractivity (Wildman–Crippen MR) is 138 cm³/mol. The average Bonchev–Trinajstić information content (AvgIpc) is 3.30. The summed E-state index contributed by atoms with van der Waals surface area (Å²) < 4.78 is 0. The fourth-order valence-electron chi connectivity index (χ4n) is 4.14. The summed E-state index contributed by atoms with van der Waals surface area (Å²) in [5, 5.41) is 21.5. The standard InChI is InChI=1S/C29H31N3O/c1-4-26(22-8-6-5-7-9-22)29(24-15-16-27-25(18-24)19-30-32-27)23-13-10-21(11-14-23)12-17-28(33)31-20(2)3/h5-20,28,31,33H,4H2,1-3H3,(H,30,32)/b17-12+,29-26+. The number of aliphatic hydroxyl groups is 1. The number of hydrogen-bond acceptors (Lipinski definition) is 3. The van der Waals surface area contributed by atoms with Crippen molar-refractivity contribution in [2.24, 2.45) is 0 Å². The van der Waals surface area contributed by atoms with Gasteiger partial charge in [0, 0.05) is 11.4 Å². The van der Waals surface area contributed by atoms with Gasteiger partial charge in [0.2, 0.25) is 0 Å². The Labute approximate surface area is 195 Å². The zero-order chi connectivity index (χ0) is 23.2. The fraction of sp³-hybridized carbons (Fsp3) is 0.207. The minimum absolute atomic E-state index is 0.220. The van der Waals surface area contributed by atoms with Crippen molar-refractivity contribution in [1.29, 1.82) is 0 Å². The van der Waals surface area contributed by atoms with Gasteiger partial charge in [0.1, 0.15) is 6.23 Å². The van der Waals surface area contributed by atoms with Crippen molar-refractivity contribution in [3.8, 4) is 0 Å². The first-order valence-corrected chi connectivity index (χ1v) is 11.5. The molecule has 33 heavy (non-hydrogen) atoms. The second kappa shape index (κ2) is 10.4. The summed E-state index contributed by atoms with van der Waals surface area (Å²) in [5.74, 6) is 0. The van der Waals surface area contributed by atoms with E-state index in [4.69, 9.17) is 0 Å². The maximum atomic E-state index is 10.1. The molecular weight excluding hydrogens is 406 g/mol. The second-order valence-corrected chi connectivity index (χ2v) is 8.49. The zero-order valence-electron chi connectivity index (χ0n) is 19.4. The van der Waals surface area contributed by atoms with Crippen LogP contribution in [0.3, 0.4) is 0 Å². The van der Waals surface area contributed by atoms with Crippen molar-refractivity contribution in [2.45, 2.75) is 39.5 Å². The lowest BCUT2D eigenvalue weighted by Crippen LogP contribution is -2.32. The van der Waals surface area contributed by atoms with Gasteiger partial charge in [-0.1, -0.05) is 73.7 Å². The molecule has 3 aromatic carbocycles. The van der Waals surface area contributed by atoms with E-state index in [-0.39, 0.29) is 6.04 Å². The molecule has 1 heterocycles. The molecule has 3 N–H and O–H groups in total. The molecule has 4 rings (SSSR count). The van der Waals surface area contributed by atoms with E-state index in [1.54, 1.807) is 6.08 Å². The number of H-pyrrole nitrogens is 1. The summed E-state index contributed by atoms with van der Waals surface area (Å²) in [5.41, 5.74) is 8.17. The molecule has 1 aromatic heterocycles. The molecule has 4 nitrogen and oxygen atoms in total. The third kappa shape index (κ3) is 5.48. The Balaban J connectivity index is 1.77. The Morgan fingerprint density at radius 1 is 0.970 bits per heavy atom. The van der Waals surface area contributed by atoms with E-state index >= 15 is 0 Å². The summed E-state index contributed by atoms with van der Waals surface area (Å²) >= 11 is 0. The smallest absolute Gasteiger partial charge is 0.124 e. The lowest BCUT2D eigenvalue weighted by atomic mass is 9.87. The van der Waals surface area contributed by atoms with E-state index in [9.17, 15) is 5.11 Å². The van der Waals surface area contributed by atoms with E-state index in [0.717, 1.165) is 28.5 Å². The van der Waals surface area contributed by atoms with Crippen molar-refractivity contribution < 1.29 is 5.11 Å². The van der Waals surface area contributed by atoms with Gasteiger partial charge < -0.3 is 5.11 Å². The first kappa shape index (κ1) is 22.7. The van der Waals surface area contributed by atoms with Crippen LogP contribution >= 0.6 is 0 Å². The molecule has 4 heteroatoms. The average molecular weight is 438 g/mol. The van der Waals surface area contributed by atoms with E-state index < -0.39 is 6.23 Å². The van der Waals surface area contributed by atoms with E-state index in [0.29, 0.717) is 0 Å². The van der Waals surface area contributed by atoms with E-state index in [1.807, 2.05) is 26.1 Å². The normalized spacial score (nSPS) is 13.6.